The van der Waals surface area contributed by atoms with Gasteiger partial charge in [-0.05, 0) is 48.1 Å². The van der Waals surface area contributed by atoms with E-state index in [0.29, 0.717) is 20.0 Å². The molecular weight excluding hydrogens is 410 g/mol. The molecule has 1 aromatic carbocycles. The van der Waals surface area contributed by atoms with E-state index in [-0.39, 0.29) is 11.8 Å². The van der Waals surface area contributed by atoms with E-state index in [2.05, 4.69) is 5.10 Å². The first kappa shape index (κ1) is 19.0. The fraction of sp³-hybridized carbons (Fsp3) is 0. The summed E-state index contributed by atoms with van der Waals surface area (Å²) in [5.41, 5.74) is 0.775. The van der Waals surface area contributed by atoms with E-state index in [1.807, 2.05) is 0 Å². The minimum atomic E-state index is -0.624. The molecule has 1 fully saturated rings. The summed E-state index contributed by atoms with van der Waals surface area (Å²) in [5, 5.41) is 16.4. The third-order valence-corrected chi connectivity index (χ3v) is 4.82. The standard InChI is InChI=1S/C17H10ClN3O4S2/c18-12-6-4-11(5-7-12)10-19-20-16(22)14(27-17(20)26)3-1-2-13-8-9-15(25-13)21(23)24/h1-10H/b2-1+,14-3+,19-10+. The number of nitro groups is 1. The summed E-state index contributed by atoms with van der Waals surface area (Å²) in [5.74, 6) is -0.406. The van der Waals surface area contributed by atoms with Crippen LogP contribution in [0.5, 0.6) is 0 Å². The average Bonchev–Trinajstić information content (AvgIpc) is 3.21. The topological polar surface area (TPSA) is 88.9 Å². The van der Waals surface area contributed by atoms with Gasteiger partial charge in [-0.1, -0.05) is 41.6 Å². The smallest absolute Gasteiger partial charge is 0.401 e. The number of carbonyl (C=O) groups is 1. The summed E-state index contributed by atoms with van der Waals surface area (Å²) in [7, 11) is 0. The van der Waals surface area contributed by atoms with Crippen molar-refractivity contribution in [1.29, 1.82) is 0 Å². The number of benzene rings is 1. The molecule has 3 rings (SSSR count). The summed E-state index contributed by atoms with van der Waals surface area (Å²) in [6.45, 7) is 0. The highest BCUT2D eigenvalue weighted by Gasteiger charge is 2.31. The highest BCUT2D eigenvalue weighted by atomic mass is 35.5. The number of rotatable bonds is 5. The molecule has 0 radical (unpaired) electrons. The number of hydrogen-bond acceptors (Lipinski definition) is 7. The quantitative estimate of drug-likeness (QED) is 0.231. The Balaban J connectivity index is 1.69. The van der Waals surface area contributed by atoms with Gasteiger partial charge in [0.15, 0.2) is 4.32 Å². The third-order valence-electron chi connectivity index (χ3n) is 3.27. The van der Waals surface area contributed by atoms with Crippen molar-refractivity contribution in [2.45, 2.75) is 0 Å². The van der Waals surface area contributed by atoms with Crippen molar-refractivity contribution in [2.24, 2.45) is 5.10 Å². The number of hydrogen-bond donors (Lipinski definition) is 0. The van der Waals surface area contributed by atoms with Gasteiger partial charge in [0.25, 0.3) is 5.91 Å². The first-order chi connectivity index (χ1) is 12.9. The fourth-order valence-corrected chi connectivity index (χ4v) is 3.26. The van der Waals surface area contributed by atoms with Crippen molar-refractivity contribution in [1.82, 2.24) is 5.01 Å². The SMILES string of the molecule is O=C1/C(=C\C=C\c2ccc([N+](=O)[O-])o2)SC(=S)N1/N=C/c1ccc(Cl)cc1. The van der Waals surface area contributed by atoms with Crippen LogP contribution in [0.3, 0.4) is 0 Å². The predicted octanol–water partition coefficient (Wildman–Crippen LogP) is 4.63. The van der Waals surface area contributed by atoms with Gasteiger partial charge in [0.2, 0.25) is 0 Å². The molecule has 0 N–H and O–H groups in total. The van der Waals surface area contributed by atoms with Crippen molar-refractivity contribution in [2.75, 3.05) is 0 Å². The van der Waals surface area contributed by atoms with E-state index in [1.54, 1.807) is 36.4 Å². The Morgan fingerprint density at radius 2 is 2.00 bits per heavy atom. The van der Waals surface area contributed by atoms with Gasteiger partial charge in [0, 0.05) is 5.02 Å². The number of allylic oxidation sites excluding steroid dienone is 2. The molecular formula is C17H10ClN3O4S2. The van der Waals surface area contributed by atoms with E-state index in [9.17, 15) is 14.9 Å². The number of thioether (sulfide) groups is 1. The van der Waals surface area contributed by atoms with E-state index in [0.717, 1.165) is 22.3 Å². The van der Waals surface area contributed by atoms with Crippen molar-refractivity contribution in [3.63, 3.8) is 0 Å². The van der Waals surface area contributed by atoms with Gasteiger partial charge in [-0.15, -0.1) is 0 Å². The van der Waals surface area contributed by atoms with E-state index < -0.39 is 4.92 Å². The molecule has 0 saturated carbocycles. The van der Waals surface area contributed by atoms with E-state index in [4.69, 9.17) is 28.2 Å². The summed E-state index contributed by atoms with van der Waals surface area (Å²) >= 11 is 12.1. The first-order valence-electron chi connectivity index (χ1n) is 7.42. The second kappa shape index (κ2) is 8.30. The number of carbonyl (C=O) groups excluding carboxylic acids is 1. The third kappa shape index (κ3) is 4.70. The lowest BCUT2D eigenvalue weighted by Crippen LogP contribution is -2.22. The van der Waals surface area contributed by atoms with Crippen LogP contribution in [0.2, 0.25) is 5.02 Å². The number of thiocarbonyl (C=S) groups is 1. The number of amides is 1. The number of furan rings is 1. The maximum atomic E-state index is 12.4. The van der Waals surface area contributed by atoms with Gasteiger partial charge in [-0.25, -0.2) is 0 Å². The van der Waals surface area contributed by atoms with Crippen LogP contribution < -0.4 is 0 Å². The monoisotopic (exact) mass is 419 g/mol. The van der Waals surface area contributed by atoms with Crippen LogP contribution in [0, 0.1) is 10.1 Å². The molecule has 0 unspecified atom stereocenters. The van der Waals surface area contributed by atoms with Crippen LogP contribution in [-0.4, -0.2) is 26.4 Å². The summed E-state index contributed by atoms with van der Waals surface area (Å²) in [6, 6.07) is 9.69. The molecule has 1 aliphatic rings. The molecule has 0 spiro atoms. The predicted molar refractivity (Wildman–Crippen MR) is 109 cm³/mol. The van der Waals surface area contributed by atoms with Crippen LogP contribution in [0.1, 0.15) is 11.3 Å². The van der Waals surface area contributed by atoms with Gasteiger partial charge < -0.3 is 4.42 Å². The minimum Gasteiger partial charge on any atom is -0.401 e. The molecule has 136 valence electrons. The second-order valence-electron chi connectivity index (χ2n) is 5.10. The Hall–Kier alpha value is -2.75. The van der Waals surface area contributed by atoms with Crippen molar-refractivity contribution in [3.05, 3.63) is 79.9 Å². The number of halogens is 1. The lowest BCUT2D eigenvalue weighted by atomic mass is 10.2. The molecule has 7 nitrogen and oxygen atoms in total. The van der Waals surface area contributed by atoms with Crippen molar-refractivity contribution < 1.29 is 14.1 Å². The van der Waals surface area contributed by atoms with Gasteiger partial charge in [0.05, 0.1) is 17.2 Å². The largest absolute Gasteiger partial charge is 0.433 e. The highest BCUT2D eigenvalue weighted by Crippen LogP contribution is 2.31. The Morgan fingerprint density at radius 3 is 2.67 bits per heavy atom. The Kier molecular flexibility index (Phi) is 5.84. The molecule has 1 aliphatic heterocycles. The Morgan fingerprint density at radius 1 is 1.26 bits per heavy atom. The van der Waals surface area contributed by atoms with E-state index in [1.165, 1.54) is 24.4 Å². The lowest BCUT2D eigenvalue weighted by Gasteiger charge is -2.05. The molecule has 0 atom stereocenters. The molecule has 27 heavy (non-hydrogen) atoms. The molecule has 10 heteroatoms. The van der Waals surface area contributed by atoms with Crippen LogP contribution in [0.4, 0.5) is 5.88 Å². The lowest BCUT2D eigenvalue weighted by molar-refractivity contribution is -0.402. The molecule has 0 aliphatic carbocycles. The Labute approximate surface area is 168 Å². The molecule has 1 amide bonds. The molecule has 2 aromatic rings. The van der Waals surface area contributed by atoms with Crippen molar-refractivity contribution in [3.8, 4) is 0 Å². The zero-order valence-electron chi connectivity index (χ0n) is 13.4. The van der Waals surface area contributed by atoms with Gasteiger partial charge in [0.1, 0.15) is 10.7 Å². The van der Waals surface area contributed by atoms with E-state index >= 15 is 0 Å². The zero-order chi connectivity index (χ0) is 19.4. The zero-order valence-corrected chi connectivity index (χ0v) is 15.8. The fourth-order valence-electron chi connectivity index (χ4n) is 2.01. The average molecular weight is 420 g/mol. The van der Waals surface area contributed by atoms with Crippen LogP contribution in [0.15, 0.2) is 63.0 Å². The maximum Gasteiger partial charge on any atom is 0.433 e. The van der Waals surface area contributed by atoms with Crippen molar-refractivity contribution >= 4 is 64.0 Å². The van der Waals surface area contributed by atoms with Crippen LogP contribution in [-0.2, 0) is 4.79 Å². The molecule has 2 heterocycles. The van der Waals surface area contributed by atoms with Gasteiger partial charge in [-0.2, -0.15) is 10.1 Å². The van der Waals surface area contributed by atoms with Crippen LogP contribution in [0.25, 0.3) is 6.08 Å². The Bertz CT molecular complexity index is 996. The number of hydrazone groups is 1. The molecule has 0 bridgehead atoms. The minimum absolute atomic E-state index is 0.300. The summed E-state index contributed by atoms with van der Waals surface area (Å²) < 4.78 is 5.30. The first-order valence-corrected chi connectivity index (χ1v) is 9.03. The summed E-state index contributed by atoms with van der Waals surface area (Å²) in [4.78, 5) is 22.7. The normalized spacial score (nSPS) is 16.3. The van der Waals surface area contributed by atoms with Crippen LogP contribution >= 0.6 is 35.6 Å². The number of nitrogens with zero attached hydrogens (tertiary/aromatic N) is 3. The molecule has 1 saturated heterocycles. The second-order valence-corrected chi connectivity index (χ2v) is 7.22. The maximum absolute atomic E-state index is 12.4. The highest BCUT2D eigenvalue weighted by molar-refractivity contribution is 8.26. The van der Waals surface area contributed by atoms with Gasteiger partial charge >= 0.3 is 5.88 Å². The molecule has 1 aromatic heterocycles. The summed E-state index contributed by atoms with van der Waals surface area (Å²) in [6.07, 6.45) is 6.13. The van der Waals surface area contributed by atoms with Gasteiger partial charge in [-0.3, -0.25) is 14.9 Å².